The van der Waals surface area contributed by atoms with Gasteiger partial charge in [-0.3, -0.25) is 0 Å². The third-order valence-electron chi connectivity index (χ3n) is 0.989. The summed E-state index contributed by atoms with van der Waals surface area (Å²) < 4.78 is 0. The summed E-state index contributed by atoms with van der Waals surface area (Å²) in [6.45, 7) is 0. The summed E-state index contributed by atoms with van der Waals surface area (Å²) in [6, 6.07) is 0. The van der Waals surface area contributed by atoms with Crippen LogP contribution in [0.5, 0.6) is 0 Å². The minimum atomic E-state index is -1.56. The summed E-state index contributed by atoms with van der Waals surface area (Å²) in [4.78, 5) is 25.2. The van der Waals surface area contributed by atoms with Crippen LogP contribution in [0.4, 0.5) is 0 Å². The number of carbonyl (C=O) groups is 2. The number of nitrogens with one attached hydrogen (secondary N) is 1. The Balaban J connectivity index is 0. The molecule has 0 fully saturated rings. The molecule has 0 bridgehead atoms. The maximum Gasteiger partial charge on any atom is 1.00 e. The fraction of sp³-hybridized carbons (Fsp3) is 0. The van der Waals surface area contributed by atoms with Crippen molar-refractivity contribution in [3.05, 3.63) is 17.7 Å². The number of hydrogen-bond donors (Lipinski definition) is 1. The molecule has 0 unspecified atom stereocenters. The molecule has 1 heterocycles. The quantitative estimate of drug-likeness (QED) is 0.477. The van der Waals surface area contributed by atoms with Crippen LogP contribution in [-0.4, -0.2) is 21.9 Å². The van der Waals surface area contributed by atoms with Crippen molar-refractivity contribution in [3.63, 3.8) is 0 Å². The third kappa shape index (κ3) is 4.26. The molecule has 0 aliphatic rings. The summed E-state index contributed by atoms with van der Waals surface area (Å²) >= 11 is 0. The van der Waals surface area contributed by atoms with E-state index in [0.717, 1.165) is 6.20 Å². The Hall–Kier alpha value is 0.150. The number of aromatic amines is 1. The molecular weight excluding hydrogens is 198 g/mol. The van der Waals surface area contributed by atoms with Crippen molar-refractivity contribution >= 4 is 11.9 Å². The molecule has 8 heteroatoms. The van der Waals surface area contributed by atoms with E-state index in [1.54, 1.807) is 0 Å². The Morgan fingerprint density at radius 2 is 1.77 bits per heavy atom. The van der Waals surface area contributed by atoms with E-state index >= 15 is 0 Å². The predicted octanol–water partition coefficient (Wildman–Crippen LogP) is -8.86. The van der Waals surface area contributed by atoms with E-state index in [9.17, 15) is 19.8 Å². The number of aromatic carboxylic acids is 2. The number of hydrogen-bond acceptors (Lipinski definition) is 5. The summed E-state index contributed by atoms with van der Waals surface area (Å²) in [5.74, 6) is -3.59. The average molecular weight is 200 g/mol. The fourth-order valence-corrected chi connectivity index (χ4v) is 0.529. The minimum Gasteiger partial charge on any atom is -0.543 e. The van der Waals surface area contributed by atoms with Crippen molar-refractivity contribution in [1.29, 1.82) is 0 Å². The van der Waals surface area contributed by atoms with Gasteiger partial charge >= 0.3 is 59.1 Å². The number of carboxylic acid groups (broad SMARTS) is 2. The van der Waals surface area contributed by atoms with E-state index in [1.807, 2.05) is 4.98 Å². The largest absolute Gasteiger partial charge is 1.00 e. The third-order valence-corrected chi connectivity index (χ3v) is 0.989. The summed E-state index contributed by atoms with van der Waals surface area (Å²) in [5.41, 5.74) is -0.385. The Morgan fingerprint density at radius 3 is 2.00 bits per heavy atom. The molecule has 0 saturated carbocycles. The molecule has 6 nitrogen and oxygen atoms in total. The van der Waals surface area contributed by atoms with Gasteiger partial charge in [0.15, 0.2) is 5.82 Å². The molecule has 0 aliphatic heterocycles. The zero-order valence-electron chi connectivity index (χ0n) is 7.16. The van der Waals surface area contributed by atoms with E-state index in [4.69, 9.17) is 0 Å². The number of carbonyl (C=O) groups excluding carboxylic acids is 2. The molecule has 1 aromatic heterocycles. The van der Waals surface area contributed by atoms with Gasteiger partial charge in [0.05, 0.1) is 17.9 Å². The van der Waals surface area contributed by atoms with Gasteiger partial charge in [-0.25, -0.2) is 4.98 Å². The zero-order chi connectivity index (χ0) is 8.43. The van der Waals surface area contributed by atoms with Crippen LogP contribution in [0.1, 0.15) is 21.1 Å². The number of rotatable bonds is 2. The van der Waals surface area contributed by atoms with Crippen LogP contribution in [-0.2, 0) is 0 Å². The van der Waals surface area contributed by atoms with E-state index in [2.05, 4.69) is 4.98 Å². The van der Waals surface area contributed by atoms with Crippen LogP contribution in [0.3, 0.4) is 0 Å². The molecule has 1 rings (SSSR count). The average Bonchev–Trinajstić information content (AvgIpc) is 2.33. The Bertz CT molecular complexity index is 283. The van der Waals surface area contributed by atoms with Gasteiger partial charge in [-0.1, -0.05) is 0 Å². The van der Waals surface area contributed by atoms with Gasteiger partial charge in [-0.05, 0) is 0 Å². The number of H-pyrrole nitrogens is 1. The maximum absolute atomic E-state index is 10.0. The van der Waals surface area contributed by atoms with E-state index in [-0.39, 0.29) is 64.8 Å². The number of aromatic nitrogens is 2. The first kappa shape index (κ1) is 15.6. The van der Waals surface area contributed by atoms with Crippen molar-refractivity contribution in [2.24, 2.45) is 0 Å². The molecule has 0 aliphatic carbocycles. The van der Waals surface area contributed by atoms with Crippen LogP contribution in [0.15, 0.2) is 6.20 Å². The van der Waals surface area contributed by atoms with E-state index in [0.29, 0.717) is 0 Å². The zero-order valence-corrected chi connectivity index (χ0v) is 11.2. The smallest absolute Gasteiger partial charge is 0.543 e. The first-order valence-electron chi connectivity index (χ1n) is 2.59. The second kappa shape index (κ2) is 6.58. The molecular formula is C5H2N2Na2O4. The summed E-state index contributed by atoms with van der Waals surface area (Å²) in [7, 11) is 0. The van der Waals surface area contributed by atoms with Crippen molar-refractivity contribution in [2.75, 3.05) is 0 Å². The first-order valence-corrected chi connectivity index (χ1v) is 2.59. The van der Waals surface area contributed by atoms with Crippen molar-refractivity contribution < 1.29 is 78.9 Å². The molecule has 0 atom stereocenters. The van der Waals surface area contributed by atoms with Crippen LogP contribution in [0, 0.1) is 0 Å². The topological polar surface area (TPSA) is 109 Å². The molecule has 13 heavy (non-hydrogen) atoms. The second-order valence-electron chi connectivity index (χ2n) is 1.72. The van der Waals surface area contributed by atoms with Gasteiger partial charge in [0.25, 0.3) is 0 Å². The van der Waals surface area contributed by atoms with Gasteiger partial charge in [-0.15, -0.1) is 0 Å². The number of carboxylic acids is 2. The van der Waals surface area contributed by atoms with Gasteiger partial charge in [0.1, 0.15) is 5.97 Å². The molecule has 1 N–H and O–H groups in total. The normalized spacial score (nSPS) is 8.00. The molecule has 58 valence electrons. The molecule has 0 radical (unpaired) electrons. The second-order valence-corrected chi connectivity index (χ2v) is 1.72. The molecule has 0 saturated heterocycles. The van der Waals surface area contributed by atoms with Gasteiger partial charge in [0, 0.05) is 0 Å². The number of imidazole rings is 1. The Labute approximate surface area is 117 Å². The van der Waals surface area contributed by atoms with Crippen LogP contribution >= 0.6 is 0 Å². The Morgan fingerprint density at radius 1 is 1.23 bits per heavy atom. The molecule has 0 amide bonds. The predicted molar refractivity (Wildman–Crippen MR) is 27.2 cm³/mol. The first-order chi connectivity index (χ1) is 5.11. The fourth-order valence-electron chi connectivity index (χ4n) is 0.529. The van der Waals surface area contributed by atoms with Gasteiger partial charge in [0.2, 0.25) is 0 Å². The molecule has 1 aromatic rings. The molecule has 0 spiro atoms. The minimum absolute atomic E-state index is 0. The van der Waals surface area contributed by atoms with Crippen LogP contribution in [0.25, 0.3) is 0 Å². The molecule has 0 aromatic carbocycles. The van der Waals surface area contributed by atoms with Gasteiger partial charge < -0.3 is 24.8 Å². The summed E-state index contributed by atoms with van der Waals surface area (Å²) in [6.07, 6.45) is 0.848. The van der Waals surface area contributed by atoms with Crippen LogP contribution in [0.2, 0.25) is 0 Å². The van der Waals surface area contributed by atoms with E-state index < -0.39 is 17.8 Å². The van der Waals surface area contributed by atoms with Crippen molar-refractivity contribution in [3.8, 4) is 0 Å². The maximum atomic E-state index is 10.0. The van der Waals surface area contributed by atoms with Gasteiger partial charge in [-0.2, -0.15) is 0 Å². The van der Waals surface area contributed by atoms with Crippen LogP contribution < -0.4 is 69.3 Å². The van der Waals surface area contributed by atoms with E-state index in [1.165, 1.54) is 0 Å². The van der Waals surface area contributed by atoms with Crippen molar-refractivity contribution in [1.82, 2.24) is 9.97 Å². The van der Waals surface area contributed by atoms with Crippen molar-refractivity contribution in [2.45, 2.75) is 0 Å². The Kier molecular flexibility index (Phi) is 7.90. The summed E-state index contributed by atoms with van der Waals surface area (Å²) in [5, 5.41) is 20.1. The standard InChI is InChI=1S/C5H4N2O4.2Na/c8-4(9)2-1-6-3(7-2)5(10)11;;/h1H,(H,6,7)(H,8,9)(H,10,11);;/q;2*+1/p-2. The number of nitrogens with zero attached hydrogens (tertiary/aromatic N) is 1. The SMILES string of the molecule is O=C([O-])c1cnc(C(=O)[O-])[nH]1.[Na+].[Na+]. The monoisotopic (exact) mass is 200 g/mol.